The molecule has 0 atom stereocenters. The third-order valence-corrected chi connectivity index (χ3v) is 8.28. The van der Waals surface area contributed by atoms with Crippen LogP contribution in [0.2, 0.25) is 0 Å². The first-order valence-corrected chi connectivity index (χ1v) is 12.7. The van der Waals surface area contributed by atoms with E-state index in [9.17, 15) is 0 Å². The SMILES string of the molecule is c1cc(C2NN2)cc(-n2c3ccccc3c3cc(-c4ccc5sc6ccccc6c5c4)ccc32)c1. The van der Waals surface area contributed by atoms with Crippen LogP contribution >= 0.6 is 11.3 Å². The average Bonchev–Trinajstić information content (AvgIpc) is 3.63. The lowest BCUT2D eigenvalue weighted by molar-refractivity contribution is 1.05. The standard InChI is InChI=1S/C31H21N3S/c1-3-10-27-23(8-1)25-17-19(20-13-15-30-26(18-20)24-9-2-4-11-29(24)35-30)12-14-28(25)34(27)22-7-5-6-21(16-22)31-32-33-31/h1-18,31-33H. The number of hydrogen-bond donors (Lipinski definition) is 2. The highest BCUT2D eigenvalue weighted by molar-refractivity contribution is 7.25. The Morgan fingerprint density at radius 1 is 0.543 bits per heavy atom. The molecule has 4 heteroatoms. The molecule has 0 spiro atoms. The van der Waals surface area contributed by atoms with Crippen LogP contribution in [0, 0.1) is 0 Å². The number of fused-ring (bicyclic) bond motifs is 6. The molecular formula is C31H21N3S. The van der Waals surface area contributed by atoms with Gasteiger partial charge < -0.3 is 4.57 Å². The molecule has 0 radical (unpaired) electrons. The number of nitrogens with one attached hydrogen (secondary N) is 2. The summed E-state index contributed by atoms with van der Waals surface area (Å²) in [5.41, 5.74) is 13.8. The van der Waals surface area contributed by atoms with Gasteiger partial charge in [-0.15, -0.1) is 11.3 Å². The molecule has 1 saturated heterocycles. The third-order valence-electron chi connectivity index (χ3n) is 7.13. The summed E-state index contributed by atoms with van der Waals surface area (Å²) in [6.07, 6.45) is 0.248. The van der Waals surface area contributed by atoms with Crippen LogP contribution in [0.4, 0.5) is 0 Å². The average molecular weight is 468 g/mol. The van der Waals surface area contributed by atoms with E-state index in [1.54, 1.807) is 0 Å². The van der Waals surface area contributed by atoms with Crippen molar-refractivity contribution in [1.82, 2.24) is 15.4 Å². The number of para-hydroxylation sites is 1. The van der Waals surface area contributed by atoms with Crippen LogP contribution < -0.4 is 10.9 Å². The van der Waals surface area contributed by atoms with Crippen LogP contribution in [0.3, 0.4) is 0 Å². The fraction of sp³-hybridized carbons (Fsp3) is 0.0323. The lowest BCUT2D eigenvalue weighted by Crippen LogP contribution is -1.96. The summed E-state index contributed by atoms with van der Waals surface area (Å²) in [6, 6.07) is 40.0. The highest BCUT2D eigenvalue weighted by Gasteiger charge is 2.22. The molecule has 2 N–H and O–H groups in total. The fourth-order valence-corrected chi connectivity index (χ4v) is 6.47. The van der Waals surface area contributed by atoms with Crippen molar-refractivity contribution in [2.75, 3.05) is 0 Å². The van der Waals surface area contributed by atoms with E-state index in [0.29, 0.717) is 0 Å². The molecule has 8 rings (SSSR count). The van der Waals surface area contributed by atoms with Crippen molar-refractivity contribution in [1.29, 1.82) is 0 Å². The highest BCUT2D eigenvalue weighted by Crippen LogP contribution is 2.39. The summed E-state index contributed by atoms with van der Waals surface area (Å²) in [5, 5.41) is 5.23. The van der Waals surface area contributed by atoms with E-state index >= 15 is 0 Å². The van der Waals surface area contributed by atoms with Gasteiger partial charge in [-0.05, 0) is 65.2 Å². The maximum absolute atomic E-state index is 3.19. The van der Waals surface area contributed by atoms with Gasteiger partial charge in [0.15, 0.2) is 0 Å². The summed E-state index contributed by atoms with van der Waals surface area (Å²) >= 11 is 1.87. The number of hydrazine groups is 1. The molecule has 0 saturated carbocycles. The molecule has 0 amide bonds. The van der Waals surface area contributed by atoms with E-state index in [-0.39, 0.29) is 6.17 Å². The number of thiophene rings is 1. The van der Waals surface area contributed by atoms with Crippen LogP contribution in [0.15, 0.2) is 109 Å². The lowest BCUT2D eigenvalue weighted by atomic mass is 10.0. The summed E-state index contributed by atoms with van der Waals surface area (Å²) in [4.78, 5) is 0. The predicted octanol–water partition coefficient (Wildman–Crippen LogP) is 7.93. The molecule has 5 aromatic carbocycles. The van der Waals surface area contributed by atoms with Crippen LogP contribution in [-0.4, -0.2) is 4.57 Å². The van der Waals surface area contributed by atoms with Crippen LogP contribution in [0.25, 0.3) is 58.8 Å². The van der Waals surface area contributed by atoms with E-state index in [4.69, 9.17) is 0 Å². The molecule has 3 nitrogen and oxygen atoms in total. The minimum Gasteiger partial charge on any atom is -0.309 e. The minimum absolute atomic E-state index is 0.248. The second kappa shape index (κ2) is 7.27. The summed E-state index contributed by atoms with van der Waals surface area (Å²) < 4.78 is 5.07. The largest absolute Gasteiger partial charge is 0.309 e. The predicted molar refractivity (Wildman–Crippen MR) is 148 cm³/mol. The molecule has 0 bridgehead atoms. The van der Waals surface area contributed by atoms with Gasteiger partial charge in [0.05, 0.1) is 11.0 Å². The van der Waals surface area contributed by atoms with Crippen molar-refractivity contribution in [2.45, 2.75) is 6.17 Å². The van der Waals surface area contributed by atoms with Crippen molar-refractivity contribution in [3.05, 3.63) is 115 Å². The third kappa shape index (κ3) is 2.98. The molecule has 35 heavy (non-hydrogen) atoms. The van der Waals surface area contributed by atoms with Gasteiger partial charge >= 0.3 is 0 Å². The Labute approximate surface area is 206 Å². The Hall–Kier alpha value is -3.96. The molecule has 0 aliphatic carbocycles. The van der Waals surface area contributed by atoms with E-state index in [2.05, 4.69) is 125 Å². The quantitative estimate of drug-likeness (QED) is 0.259. The summed E-state index contributed by atoms with van der Waals surface area (Å²) in [5.74, 6) is 0. The molecule has 3 heterocycles. The number of aromatic nitrogens is 1. The Morgan fingerprint density at radius 2 is 1.26 bits per heavy atom. The van der Waals surface area contributed by atoms with Crippen molar-refractivity contribution < 1.29 is 0 Å². The smallest absolute Gasteiger partial charge is 0.109 e. The number of benzene rings is 5. The van der Waals surface area contributed by atoms with Crippen molar-refractivity contribution >= 4 is 53.3 Å². The zero-order chi connectivity index (χ0) is 22.9. The summed E-state index contributed by atoms with van der Waals surface area (Å²) in [7, 11) is 0. The van der Waals surface area contributed by atoms with Crippen LogP contribution in [0.5, 0.6) is 0 Å². The van der Waals surface area contributed by atoms with Gasteiger partial charge in [-0.25, -0.2) is 10.9 Å². The Kier molecular flexibility index (Phi) is 4.02. The Morgan fingerprint density at radius 3 is 2.14 bits per heavy atom. The molecule has 166 valence electrons. The topological polar surface area (TPSA) is 48.8 Å². The molecule has 1 fully saturated rings. The highest BCUT2D eigenvalue weighted by atomic mass is 32.1. The van der Waals surface area contributed by atoms with Crippen LogP contribution in [-0.2, 0) is 0 Å². The van der Waals surface area contributed by atoms with E-state index in [1.807, 2.05) is 11.3 Å². The number of hydrogen-bond acceptors (Lipinski definition) is 3. The van der Waals surface area contributed by atoms with Gasteiger partial charge in [-0.2, -0.15) is 0 Å². The Balaban J connectivity index is 1.35. The molecular weight excluding hydrogens is 446 g/mol. The normalized spacial score (nSPS) is 13.9. The minimum atomic E-state index is 0.248. The van der Waals surface area contributed by atoms with Gasteiger partial charge in [-0.1, -0.05) is 60.7 Å². The van der Waals surface area contributed by atoms with Crippen molar-refractivity contribution in [3.8, 4) is 16.8 Å². The lowest BCUT2D eigenvalue weighted by Gasteiger charge is -2.10. The van der Waals surface area contributed by atoms with Gasteiger partial charge in [0.1, 0.15) is 6.17 Å². The molecule has 0 unspecified atom stereocenters. The van der Waals surface area contributed by atoms with E-state index in [1.165, 1.54) is 64.4 Å². The first kappa shape index (κ1) is 19.4. The first-order valence-electron chi connectivity index (χ1n) is 11.9. The number of rotatable bonds is 3. The van der Waals surface area contributed by atoms with Gasteiger partial charge in [-0.3, -0.25) is 0 Å². The second-order valence-corrected chi connectivity index (χ2v) is 10.3. The maximum atomic E-state index is 3.19. The molecule has 2 aromatic heterocycles. The second-order valence-electron chi connectivity index (χ2n) is 9.21. The van der Waals surface area contributed by atoms with Crippen molar-refractivity contribution in [2.24, 2.45) is 0 Å². The van der Waals surface area contributed by atoms with Crippen LogP contribution in [0.1, 0.15) is 11.7 Å². The molecule has 7 aromatic rings. The van der Waals surface area contributed by atoms with E-state index < -0.39 is 0 Å². The maximum Gasteiger partial charge on any atom is 0.109 e. The zero-order valence-electron chi connectivity index (χ0n) is 18.8. The van der Waals surface area contributed by atoms with Crippen molar-refractivity contribution in [3.63, 3.8) is 0 Å². The van der Waals surface area contributed by atoms with Gasteiger partial charge in [0.2, 0.25) is 0 Å². The fourth-order valence-electron chi connectivity index (χ4n) is 5.39. The summed E-state index contributed by atoms with van der Waals surface area (Å²) in [6.45, 7) is 0. The van der Waals surface area contributed by atoms with Gasteiger partial charge in [0.25, 0.3) is 0 Å². The first-order chi connectivity index (χ1) is 17.3. The molecule has 1 aliphatic heterocycles. The number of nitrogens with zero attached hydrogens (tertiary/aromatic N) is 1. The van der Waals surface area contributed by atoms with E-state index in [0.717, 1.165) is 0 Å². The zero-order valence-corrected chi connectivity index (χ0v) is 19.6. The molecule has 1 aliphatic rings. The van der Waals surface area contributed by atoms with Gasteiger partial charge in [0, 0.05) is 36.6 Å². The monoisotopic (exact) mass is 467 g/mol. The Bertz CT molecular complexity index is 1920.